The summed E-state index contributed by atoms with van der Waals surface area (Å²) in [6, 6.07) is 31.0. The van der Waals surface area contributed by atoms with Gasteiger partial charge in [0.25, 0.3) is 0 Å². The maximum atomic E-state index is 12.3. The number of hydrogen-bond donors (Lipinski definition) is 1. The van der Waals surface area contributed by atoms with E-state index >= 15 is 0 Å². The maximum Gasteiger partial charge on any atom is 0.227 e. The number of carbonyl (C=O) groups is 2. The van der Waals surface area contributed by atoms with Crippen LogP contribution in [0.25, 0.3) is 5.57 Å². The van der Waals surface area contributed by atoms with Crippen LogP contribution in [0.3, 0.4) is 0 Å². The topological polar surface area (TPSA) is 55.4 Å². The van der Waals surface area contributed by atoms with Gasteiger partial charge in [-0.2, -0.15) is 0 Å². The van der Waals surface area contributed by atoms with Gasteiger partial charge >= 0.3 is 0 Å². The Labute approximate surface area is 323 Å². The molecule has 1 amide bonds. The fourth-order valence-corrected chi connectivity index (χ4v) is 6.49. The van der Waals surface area contributed by atoms with Crippen LogP contribution in [0, 0.1) is 32.6 Å². The Morgan fingerprint density at radius 2 is 1.28 bits per heavy atom. The van der Waals surface area contributed by atoms with E-state index in [2.05, 4.69) is 82.9 Å². The second-order valence-corrected chi connectivity index (χ2v) is 13.4. The molecule has 5 rings (SSSR count). The lowest BCUT2D eigenvalue weighted by Crippen LogP contribution is -2.27. The molecule has 4 heteroatoms. The van der Waals surface area contributed by atoms with Gasteiger partial charge in [0.15, 0.2) is 0 Å². The zero-order valence-corrected chi connectivity index (χ0v) is 34.7. The number of ether oxygens (including phenoxy) is 1. The molecule has 0 saturated heterocycles. The highest BCUT2D eigenvalue weighted by molar-refractivity contribution is 5.92. The predicted octanol–water partition coefficient (Wildman–Crippen LogP) is 13.3. The Morgan fingerprint density at radius 3 is 1.70 bits per heavy atom. The Morgan fingerprint density at radius 1 is 0.774 bits per heavy atom. The molecule has 4 aromatic rings. The minimum absolute atomic E-state index is 0.158. The molecule has 4 nitrogen and oxygen atoms in total. The minimum atomic E-state index is 0.158. The van der Waals surface area contributed by atoms with E-state index in [0.29, 0.717) is 6.42 Å². The van der Waals surface area contributed by atoms with Gasteiger partial charge in [0.1, 0.15) is 12.0 Å². The first-order valence-electron chi connectivity index (χ1n) is 19.9. The molecule has 53 heavy (non-hydrogen) atoms. The van der Waals surface area contributed by atoms with Crippen molar-refractivity contribution in [1.82, 2.24) is 0 Å². The summed E-state index contributed by atoms with van der Waals surface area (Å²) in [4.78, 5) is 21.5. The van der Waals surface area contributed by atoms with Crippen molar-refractivity contribution in [3.8, 4) is 5.75 Å². The van der Waals surface area contributed by atoms with E-state index in [9.17, 15) is 9.59 Å². The van der Waals surface area contributed by atoms with Crippen LogP contribution in [0.4, 0.5) is 5.69 Å². The van der Waals surface area contributed by atoms with Crippen molar-refractivity contribution in [3.05, 3.63) is 137 Å². The fraction of sp³-hybridized carbons (Fsp3) is 0.429. The average molecular weight is 720 g/mol. The van der Waals surface area contributed by atoms with Crippen molar-refractivity contribution < 1.29 is 14.3 Å². The van der Waals surface area contributed by atoms with Gasteiger partial charge in [-0.25, -0.2) is 0 Å². The highest BCUT2D eigenvalue weighted by atomic mass is 16.5. The number of anilines is 1. The lowest BCUT2D eigenvalue weighted by molar-refractivity contribution is -0.121. The number of amides is 1. The van der Waals surface area contributed by atoms with Crippen LogP contribution < -0.4 is 10.1 Å². The first-order valence-corrected chi connectivity index (χ1v) is 19.9. The molecule has 1 aliphatic rings. The summed E-state index contributed by atoms with van der Waals surface area (Å²) in [5.41, 5.74) is 11.3. The molecule has 1 aliphatic carbocycles. The van der Waals surface area contributed by atoms with Gasteiger partial charge in [0.05, 0.1) is 7.11 Å². The van der Waals surface area contributed by atoms with Crippen molar-refractivity contribution in [3.63, 3.8) is 0 Å². The van der Waals surface area contributed by atoms with Crippen LogP contribution in [0.2, 0.25) is 0 Å². The van der Waals surface area contributed by atoms with E-state index in [-0.39, 0.29) is 11.8 Å². The fourth-order valence-electron chi connectivity index (χ4n) is 6.49. The van der Waals surface area contributed by atoms with Crippen LogP contribution in [0.5, 0.6) is 5.75 Å². The Bertz CT molecular complexity index is 1540. The van der Waals surface area contributed by atoms with Crippen LogP contribution in [0.1, 0.15) is 125 Å². The van der Waals surface area contributed by atoms with E-state index in [4.69, 9.17) is 4.74 Å². The molecule has 0 spiro atoms. The number of methoxy groups -OCH3 is 1. The van der Waals surface area contributed by atoms with Gasteiger partial charge in [-0.1, -0.05) is 140 Å². The van der Waals surface area contributed by atoms with Crippen molar-refractivity contribution in [2.45, 2.75) is 120 Å². The Hall–Kier alpha value is -4.44. The molecule has 1 N–H and O–H groups in total. The summed E-state index contributed by atoms with van der Waals surface area (Å²) in [5, 5.41) is 3.03. The van der Waals surface area contributed by atoms with E-state index in [0.717, 1.165) is 54.0 Å². The first-order chi connectivity index (χ1) is 25.6. The van der Waals surface area contributed by atoms with Crippen LogP contribution in [-0.2, 0) is 22.4 Å². The molecule has 0 bridgehead atoms. The van der Waals surface area contributed by atoms with Crippen molar-refractivity contribution in [1.29, 1.82) is 0 Å². The molecule has 0 aromatic heterocycles. The van der Waals surface area contributed by atoms with Gasteiger partial charge in [-0.15, -0.1) is 0 Å². The third-order valence-corrected chi connectivity index (χ3v) is 9.53. The first kappa shape index (κ1) is 46.6. The number of hydrogen-bond acceptors (Lipinski definition) is 3. The summed E-state index contributed by atoms with van der Waals surface area (Å²) in [7, 11) is 1.65. The molecular weight excluding hydrogens is 651 g/mol. The van der Waals surface area contributed by atoms with E-state index in [1.165, 1.54) is 65.5 Å². The van der Waals surface area contributed by atoms with Crippen LogP contribution in [-0.4, -0.2) is 19.3 Å². The maximum absolute atomic E-state index is 12.3. The third-order valence-electron chi connectivity index (χ3n) is 9.53. The molecule has 288 valence electrons. The zero-order chi connectivity index (χ0) is 39.6. The number of rotatable bonds is 10. The normalized spacial score (nSPS) is 14.2. The van der Waals surface area contributed by atoms with E-state index in [1.807, 2.05) is 82.3 Å². The highest BCUT2D eigenvalue weighted by Gasteiger charge is 2.25. The quantitative estimate of drug-likeness (QED) is 0.166. The number of aryl methyl sites for hydroxylation is 4. The number of benzene rings is 4. The van der Waals surface area contributed by atoms with Gasteiger partial charge in [0, 0.05) is 24.1 Å². The SMILES string of the molecule is C=C(c1ccccc1)c1ccccc1.CC.CCC1CCC(C(=O)Nc2ccc(C)c(OC)c2)CC1.CCC=O.CCCc1cc(C)c(CC)c(C)c1. The average Bonchev–Trinajstić information content (AvgIpc) is 3.20. The summed E-state index contributed by atoms with van der Waals surface area (Å²) >= 11 is 0. The molecule has 4 aromatic carbocycles. The highest BCUT2D eigenvalue weighted by Crippen LogP contribution is 2.32. The smallest absolute Gasteiger partial charge is 0.227 e. The minimum Gasteiger partial charge on any atom is -0.496 e. The van der Waals surface area contributed by atoms with Gasteiger partial charge in [0.2, 0.25) is 5.91 Å². The molecule has 0 aliphatic heterocycles. The van der Waals surface area contributed by atoms with Crippen LogP contribution in [0.15, 0.2) is 97.6 Å². The van der Waals surface area contributed by atoms with Gasteiger partial charge < -0.3 is 14.8 Å². The van der Waals surface area contributed by atoms with Crippen molar-refractivity contribution >= 4 is 23.5 Å². The van der Waals surface area contributed by atoms with E-state index in [1.54, 1.807) is 7.11 Å². The van der Waals surface area contributed by atoms with E-state index < -0.39 is 0 Å². The zero-order valence-electron chi connectivity index (χ0n) is 34.7. The Kier molecular flexibility index (Phi) is 23.9. The second-order valence-electron chi connectivity index (χ2n) is 13.4. The number of carbonyl (C=O) groups excluding carboxylic acids is 2. The van der Waals surface area contributed by atoms with Crippen molar-refractivity contribution in [2.24, 2.45) is 11.8 Å². The largest absolute Gasteiger partial charge is 0.496 e. The lowest BCUT2D eigenvalue weighted by Gasteiger charge is -2.27. The third kappa shape index (κ3) is 16.8. The monoisotopic (exact) mass is 720 g/mol. The van der Waals surface area contributed by atoms with Gasteiger partial charge in [-0.05, 0) is 116 Å². The second kappa shape index (κ2) is 27.2. The summed E-state index contributed by atoms with van der Waals surface area (Å²) in [6.45, 7) is 23.1. The predicted molar refractivity (Wildman–Crippen MR) is 230 cm³/mol. The molecule has 0 radical (unpaired) electrons. The molecule has 1 fully saturated rings. The van der Waals surface area contributed by atoms with Crippen LogP contribution >= 0.6 is 0 Å². The lowest BCUT2D eigenvalue weighted by atomic mass is 9.80. The molecule has 1 saturated carbocycles. The molecular formula is C49H69NO3. The Balaban J connectivity index is 0.000000378. The number of nitrogens with one attached hydrogen (secondary N) is 1. The standard InChI is InChI=1S/C17H25NO2.C14H12.C13H20.C3H6O.C2H6/c1-4-13-6-8-14(9-7-13)17(19)18-15-10-5-12(2)16(11-15)20-3;1-12(13-8-4-2-5-9-13)14-10-6-3-7-11-14;1-5-7-12-8-10(3)13(6-2)11(4)9-12;1-2-3-4;1-2/h5,10-11,13-14H,4,6-9H2,1-3H3,(H,18,19);2-11H,1H2;8-9H,5-7H2,1-4H3;3H,2H2,1H3;1-2H3. The number of aldehydes is 1. The van der Waals surface area contributed by atoms with Crippen molar-refractivity contribution in [2.75, 3.05) is 12.4 Å². The molecule has 0 heterocycles. The summed E-state index contributed by atoms with van der Waals surface area (Å²) < 4.78 is 5.29. The molecule has 0 unspecified atom stereocenters. The van der Waals surface area contributed by atoms with Gasteiger partial charge in [-0.3, -0.25) is 4.79 Å². The summed E-state index contributed by atoms with van der Waals surface area (Å²) in [6.07, 6.45) is 10.8. The summed E-state index contributed by atoms with van der Waals surface area (Å²) in [5.74, 6) is 1.96. The molecule has 0 atom stereocenters.